The van der Waals surface area contributed by atoms with Crippen LogP contribution in [-0.2, 0) is 0 Å². The molecule has 17 heavy (non-hydrogen) atoms. The smallest absolute Gasteiger partial charge is 0.140 e. The summed E-state index contributed by atoms with van der Waals surface area (Å²) in [7, 11) is 0. The van der Waals surface area contributed by atoms with Gasteiger partial charge in [-0.2, -0.15) is 5.26 Å². The summed E-state index contributed by atoms with van der Waals surface area (Å²) in [4.78, 5) is 3.97. The van der Waals surface area contributed by atoms with Crippen molar-refractivity contribution in [3.05, 3.63) is 41.2 Å². The van der Waals surface area contributed by atoms with E-state index in [2.05, 4.69) is 22.1 Å². The Balaban J connectivity index is 2.03. The minimum Gasteiger partial charge on any atom is -0.316 e. The van der Waals surface area contributed by atoms with Crippen LogP contribution in [0.15, 0.2) is 30.0 Å². The van der Waals surface area contributed by atoms with E-state index in [1.807, 2.05) is 18.2 Å². The van der Waals surface area contributed by atoms with Gasteiger partial charge >= 0.3 is 0 Å². The predicted octanol–water partition coefficient (Wildman–Crippen LogP) is 1.61. The Morgan fingerprint density at radius 3 is 2.76 bits per heavy atom. The van der Waals surface area contributed by atoms with E-state index in [1.165, 1.54) is 5.57 Å². The Kier molecular flexibility index (Phi) is 3.91. The van der Waals surface area contributed by atoms with Crippen LogP contribution in [0.1, 0.15) is 24.1 Å². The number of nitrogens with zero attached hydrogens (tertiary/aromatic N) is 2. The molecule has 1 aromatic rings. The molecule has 0 aromatic carbocycles. The van der Waals surface area contributed by atoms with Gasteiger partial charge in [0.05, 0.1) is 0 Å². The van der Waals surface area contributed by atoms with Crippen molar-refractivity contribution in [3.63, 3.8) is 0 Å². The average molecular weight is 223 g/mol. The molecule has 1 aliphatic rings. The van der Waals surface area contributed by atoms with E-state index in [4.69, 9.17) is 5.26 Å². The lowest BCUT2D eigenvalue weighted by atomic mass is 10.1. The Morgan fingerprint density at radius 1 is 1.29 bits per heavy atom. The van der Waals surface area contributed by atoms with Gasteiger partial charge in [0.1, 0.15) is 11.8 Å². The highest BCUT2D eigenvalue weighted by atomic mass is 14.9. The van der Waals surface area contributed by atoms with Gasteiger partial charge in [0.15, 0.2) is 0 Å². The van der Waals surface area contributed by atoms with Gasteiger partial charge in [-0.1, -0.05) is 17.4 Å². The van der Waals surface area contributed by atoms with Crippen LogP contribution in [0.5, 0.6) is 0 Å². The van der Waals surface area contributed by atoms with Crippen LogP contribution in [-0.4, -0.2) is 18.1 Å². The molecular weight excluding hydrogens is 210 g/mol. The maximum absolute atomic E-state index is 8.61. The molecule has 1 saturated heterocycles. The number of hydrogen-bond acceptors (Lipinski definition) is 3. The van der Waals surface area contributed by atoms with Crippen molar-refractivity contribution >= 4 is 0 Å². The summed E-state index contributed by atoms with van der Waals surface area (Å²) in [5.41, 5.74) is 2.67. The van der Waals surface area contributed by atoms with E-state index in [-0.39, 0.29) is 0 Å². The van der Waals surface area contributed by atoms with E-state index in [1.54, 1.807) is 12.3 Å². The molecule has 0 atom stereocenters. The molecule has 1 N–H and O–H groups in total. The quantitative estimate of drug-likeness (QED) is 0.680. The molecule has 0 aliphatic carbocycles. The summed E-state index contributed by atoms with van der Waals surface area (Å²) in [6, 6.07) is 5.48. The summed E-state index contributed by atoms with van der Waals surface area (Å²) >= 11 is 0. The molecular formula is C14H13N3. The number of aromatic nitrogens is 1. The van der Waals surface area contributed by atoms with Gasteiger partial charge in [-0.25, -0.2) is 4.98 Å². The maximum atomic E-state index is 8.61. The fourth-order valence-corrected chi connectivity index (χ4v) is 1.65. The van der Waals surface area contributed by atoms with E-state index in [9.17, 15) is 0 Å². The zero-order valence-electron chi connectivity index (χ0n) is 9.53. The predicted molar refractivity (Wildman–Crippen MR) is 66.0 cm³/mol. The number of nitriles is 1. The number of nitrogens with one attached hydrogen (secondary N) is 1. The second-order valence-electron chi connectivity index (χ2n) is 3.87. The molecule has 2 heterocycles. The lowest BCUT2D eigenvalue weighted by molar-refractivity contribution is 0.610. The number of piperidine rings is 1. The van der Waals surface area contributed by atoms with Crippen LogP contribution in [0.4, 0.5) is 0 Å². The molecule has 0 spiro atoms. The lowest BCUT2D eigenvalue weighted by Crippen LogP contribution is -2.22. The van der Waals surface area contributed by atoms with Crippen molar-refractivity contribution < 1.29 is 0 Å². The van der Waals surface area contributed by atoms with Gasteiger partial charge in [0.25, 0.3) is 0 Å². The van der Waals surface area contributed by atoms with Crippen LogP contribution >= 0.6 is 0 Å². The molecule has 0 unspecified atom stereocenters. The third-order valence-corrected chi connectivity index (χ3v) is 2.62. The van der Waals surface area contributed by atoms with Gasteiger partial charge in [-0.3, -0.25) is 0 Å². The number of rotatable bonds is 0. The molecule has 0 amide bonds. The van der Waals surface area contributed by atoms with Crippen molar-refractivity contribution in [1.29, 1.82) is 5.26 Å². The van der Waals surface area contributed by atoms with E-state index in [0.717, 1.165) is 31.5 Å². The third-order valence-electron chi connectivity index (χ3n) is 2.62. The summed E-state index contributed by atoms with van der Waals surface area (Å²) < 4.78 is 0. The van der Waals surface area contributed by atoms with Gasteiger partial charge in [0.2, 0.25) is 0 Å². The minimum absolute atomic E-state index is 0.423. The topological polar surface area (TPSA) is 48.7 Å². The van der Waals surface area contributed by atoms with Crippen LogP contribution in [0.3, 0.4) is 0 Å². The first kappa shape index (κ1) is 11.4. The summed E-state index contributed by atoms with van der Waals surface area (Å²) in [6.45, 7) is 2.10. The van der Waals surface area contributed by atoms with Crippen molar-refractivity contribution in [3.8, 4) is 17.9 Å². The second-order valence-corrected chi connectivity index (χ2v) is 3.87. The van der Waals surface area contributed by atoms with Crippen molar-refractivity contribution in [2.75, 3.05) is 13.1 Å². The highest BCUT2D eigenvalue weighted by molar-refractivity contribution is 5.38. The fourth-order valence-electron chi connectivity index (χ4n) is 1.65. The zero-order valence-corrected chi connectivity index (χ0v) is 9.53. The summed E-state index contributed by atoms with van der Waals surface area (Å²) in [6.07, 6.45) is 5.80. The molecule has 1 fully saturated rings. The Bertz CT molecular complexity index is 501. The first-order valence-electron chi connectivity index (χ1n) is 5.65. The van der Waals surface area contributed by atoms with Crippen LogP contribution < -0.4 is 5.32 Å². The van der Waals surface area contributed by atoms with Crippen LogP contribution in [0.25, 0.3) is 0 Å². The maximum Gasteiger partial charge on any atom is 0.140 e. The van der Waals surface area contributed by atoms with Gasteiger partial charge in [-0.15, -0.1) is 0 Å². The van der Waals surface area contributed by atoms with Gasteiger partial charge in [-0.05, 0) is 44.1 Å². The SMILES string of the molecule is N#Cc1ccc(C#CC=C2CCNCC2)cn1. The molecule has 0 saturated carbocycles. The lowest BCUT2D eigenvalue weighted by Gasteiger charge is -2.13. The summed E-state index contributed by atoms with van der Waals surface area (Å²) in [5, 5.41) is 11.9. The third kappa shape index (κ3) is 3.45. The van der Waals surface area contributed by atoms with Crippen LogP contribution in [0, 0.1) is 23.2 Å². The molecule has 3 heteroatoms. The standard InChI is InChI=1S/C14H13N3/c15-10-14-5-4-13(11-17-14)3-1-2-12-6-8-16-9-7-12/h2,4-5,11,16H,6-9H2. The Morgan fingerprint density at radius 2 is 2.12 bits per heavy atom. The zero-order chi connectivity index (χ0) is 11.9. The van der Waals surface area contributed by atoms with Gasteiger partial charge < -0.3 is 5.32 Å². The highest BCUT2D eigenvalue weighted by Gasteiger charge is 2.02. The first-order valence-corrected chi connectivity index (χ1v) is 5.65. The monoisotopic (exact) mass is 223 g/mol. The first-order chi connectivity index (χ1) is 8.38. The van der Waals surface area contributed by atoms with E-state index in [0.29, 0.717) is 5.69 Å². The Labute approximate surface area is 101 Å². The number of pyridine rings is 1. The van der Waals surface area contributed by atoms with Crippen molar-refractivity contribution in [2.24, 2.45) is 0 Å². The summed E-state index contributed by atoms with van der Waals surface area (Å²) in [5.74, 6) is 6.07. The fraction of sp³-hybridized carbons (Fsp3) is 0.286. The van der Waals surface area contributed by atoms with E-state index < -0.39 is 0 Å². The van der Waals surface area contributed by atoms with Crippen molar-refractivity contribution in [1.82, 2.24) is 10.3 Å². The molecule has 3 nitrogen and oxygen atoms in total. The number of hydrogen-bond donors (Lipinski definition) is 1. The molecule has 84 valence electrons. The molecule has 1 aromatic heterocycles. The second kappa shape index (κ2) is 5.84. The average Bonchev–Trinajstić information content (AvgIpc) is 2.41. The molecule has 0 radical (unpaired) electrons. The Hall–Kier alpha value is -2.10. The molecule has 2 rings (SSSR count). The van der Waals surface area contributed by atoms with Crippen LogP contribution in [0.2, 0.25) is 0 Å². The van der Waals surface area contributed by atoms with E-state index >= 15 is 0 Å². The minimum atomic E-state index is 0.423. The van der Waals surface area contributed by atoms with Gasteiger partial charge in [0, 0.05) is 11.8 Å². The molecule has 0 bridgehead atoms. The largest absolute Gasteiger partial charge is 0.316 e. The normalized spacial score (nSPS) is 14.4. The van der Waals surface area contributed by atoms with Crippen molar-refractivity contribution in [2.45, 2.75) is 12.8 Å². The number of allylic oxidation sites excluding steroid dienone is 1. The highest BCUT2D eigenvalue weighted by Crippen LogP contribution is 2.08. The molecule has 1 aliphatic heterocycles.